The van der Waals surface area contributed by atoms with E-state index in [1.165, 1.54) is 14.2 Å². The number of carbonyl (C=O) groups excluding carboxylic acids is 1. The zero-order chi connectivity index (χ0) is 12.7. The second-order valence-electron chi connectivity index (χ2n) is 3.20. The first-order valence-electron chi connectivity index (χ1n) is 5.04. The molecule has 0 aliphatic heterocycles. The van der Waals surface area contributed by atoms with Gasteiger partial charge in [0, 0.05) is 14.2 Å². The molecule has 0 saturated heterocycles. The molecule has 0 amide bonds. The predicted octanol–water partition coefficient (Wildman–Crippen LogP) is 2.33. The number of rotatable bonds is 6. The van der Waals surface area contributed by atoms with Gasteiger partial charge < -0.3 is 13.8 Å². The van der Waals surface area contributed by atoms with Crippen LogP contribution in [0.2, 0.25) is 0 Å². The van der Waals surface area contributed by atoms with Crippen LogP contribution in [0.4, 0.5) is 0 Å². The van der Waals surface area contributed by atoms with Crippen LogP contribution in [-0.4, -0.2) is 33.0 Å². The van der Waals surface area contributed by atoms with Crippen LogP contribution in [0.1, 0.15) is 10.4 Å². The number of carbonyl (C=O) groups is 1. The molecule has 17 heavy (non-hydrogen) atoms. The SMILES string of the molecule is COP(=O)(CCOC(=O)c1ccccc1)OC. The summed E-state index contributed by atoms with van der Waals surface area (Å²) >= 11 is 0. The summed E-state index contributed by atoms with van der Waals surface area (Å²) < 4.78 is 26.0. The minimum absolute atomic E-state index is 0.00726. The van der Waals surface area contributed by atoms with Gasteiger partial charge >= 0.3 is 13.6 Å². The van der Waals surface area contributed by atoms with Crippen LogP contribution in [0.5, 0.6) is 0 Å². The summed E-state index contributed by atoms with van der Waals surface area (Å²) in [5.41, 5.74) is 0.456. The zero-order valence-corrected chi connectivity index (χ0v) is 10.7. The van der Waals surface area contributed by atoms with Crippen molar-refractivity contribution >= 4 is 13.6 Å². The lowest BCUT2D eigenvalue weighted by Crippen LogP contribution is -2.10. The maximum atomic E-state index is 11.6. The van der Waals surface area contributed by atoms with Crippen molar-refractivity contribution < 1.29 is 23.1 Å². The van der Waals surface area contributed by atoms with Crippen LogP contribution in [0, 0.1) is 0 Å². The van der Waals surface area contributed by atoms with Crippen LogP contribution in [0.25, 0.3) is 0 Å². The third-order valence-corrected chi connectivity index (χ3v) is 4.01. The Hall–Kier alpha value is -1.16. The van der Waals surface area contributed by atoms with E-state index in [4.69, 9.17) is 13.8 Å². The minimum Gasteiger partial charge on any atom is -0.461 e. The van der Waals surface area contributed by atoms with Gasteiger partial charge in [-0.3, -0.25) is 4.57 Å². The lowest BCUT2D eigenvalue weighted by molar-refractivity contribution is 0.0524. The van der Waals surface area contributed by atoms with E-state index in [-0.39, 0.29) is 12.8 Å². The average molecular weight is 258 g/mol. The second-order valence-corrected chi connectivity index (χ2v) is 5.60. The van der Waals surface area contributed by atoms with Gasteiger partial charge in [0.1, 0.15) is 6.61 Å². The quantitative estimate of drug-likeness (QED) is 0.579. The molecule has 0 aromatic heterocycles. The molecule has 0 aliphatic rings. The fourth-order valence-corrected chi connectivity index (χ4v) is 1.99. The van der Waals surface area contributed by atoms with Gasteiger partial charge in [-0.2, -0.15) is 0 Å². The van der Waals surface area contributed by atoms with Crippen molar-refractivity contribution in [1.29, 1.82) is 0 Å². The van der Waals surface area contributed by atoms with E-state index < -0.39 is 13.6 Å². The van der Waals surface area contributed by atoms with Gasteiger partial charge in [0.05, 0.1) is 11.7 Å². The van der Waals surface area contributed by atoms with E-state index in [9.17, 15) is 9.36 Å². The lowest BCUT2D eigenvalue weighted by atomic mass is 10.2. The van der Waals surface area contributed by atoms with E-state index in [1.807, 2.05) is 0 Å². The van der Waals surface area contributed by atoms with E-state index in [0.717, 1.165) is 0 Å². The predicted molar refractivity (Wildman–Crippen MR) is 63.2 cm³/mol. The number of hydrogen-bond donors (Lipinski definition) is 0. The Labute approximate surface area is 100 Å². The molecule has 0 aliphatic carbocycles. The Balaban J connectivity index is 2.42. The summed E-state index contributed by atoms with van der Waals surface area (Å²) in [5.74, 6) is -0.454. The van der Waals surface area contributed by atoms with Gasteiger partial charge in [-0.05, 0) is 12.1 Å². The number of hydrogen-bond acceptors (Lipinski definition) is 5. The highest BCUT2D eigenvalue weighted by molar-refractivity contribution is 7.53. The first kappa shape index (κ1) is 13.9. The Morgan fingerprint density at radius 1 is 1.18 bits per heavy atom. The van der Waals surface area contributed by atoms with Gasteiger partial charge in [-0.25, -0.2) is 4.79 Å². The van der Waals surface area contributed by atoms with Crippen molar-refractivity contribution in [3.05, 3.63) is 35.9 Å². The van der Waals surface area contributed by atoms with Gasteiger partial charge in [0.2, 0.25) is 0 Å². The third-order valence-electron chi connectivity index (χ3n) is 2.16. The highest BCUT2D eigenvalue weighted by atomic mass is 31.2. The molecule has 1 rings (SSSR count). The molecule has 0 spiro atoms. The minimum atomic E-state index is -3.11. The van der Waals surface area contributed by atoms with Gasteiger partial charge in [0.25, 0.3) is 0 Å². The van der Waals surface area contributed by atoms with E-state index in [0.29, 0.717) is 5.56 Å². The Bertz CT molecular complexity index is 396. The number of esters is 1. The second kappa shape index (κ2) is 6.55. The molecule has 0 radical (unpaired) electrons. The smallest absolute Gasteiger partial charge is 0.338 e. The van der Waals surface area contributed by atoms with Crippen molar-refractivity contribution in [2.75, 3.05) is 27.0 Å². The van der Waals surface area contributed by atoms with Crippen molar-refractivity contribution in [2.45, 2.75) is 0 Å². The molecule has 0 fully saturated rings. The lowest BCUT2D eigenvalue weighted by Gasteiger charge is -2.13. The molecular weight excluding hydrogens is 243 g/mol. The van der Waals surface area contributed by atoms with Crippen molar-refractivity contribution in [3.63, 3.8) is 0 Å². The summed E-state index contributed by atoms with van der Waals surface area (Å²) in [6.07, 6.45) is 0.0403. The Morgan fingerprint density at radius 2 is 1.76 bits per heavy atom. The van der Waals surface area contributed by atoms with E-state index >= 15 is 0 Å². The summed E-state index contributed by atoms with van der Waals surface area (Å²) in [4.78, 5) is 11.5. The van der Waals surface area contributed by atoms with Crippen LogP contribution in [0.3, 0.4) is 0 Å². The molecule has 0 N–H and O–H groups in total. The molecule has 0 bridgehead atoms. The summed E-state index contributed by atoms with van der Waals surface area (Å²) in [6.45, 7) is -0.00726. The molecule has 1 aromatic carbocycles. The Kier molecular flexibility index (Phi) is 5.35. The monoisotopic (exact) mass is 258 g/mol. The van der Waals surface area contributed by atoms with Gasteiger partial charge in [-0.15, -0.1) is 0 Å². The normalized spacial score (nSPS) is 11.2. The van der Waals surface area contributed by atoms with Crippen LogP contribution in [-0.2, 0) is 18.3 Å². The van der Waals surface area contributed by atoms with Crippen molar-refractivity contribution in [2.24, 2.45) is 0 Å². The molecular formula is C11H15O5P. The highest BCUT2D eigenvalue weighted by Gasteiger charge is 2.21. The van der Waals surface area contributed by atoms with E-state index in [1.54, 1.807) is 30.3 Å². The molecule has 94 valence electrons. The van der Waals surface area contributed by atoms with E-state index in [2.05, 4.69) is 0 Å². The first-order valence-corrected chi connectivity index (χ1v) is 6.77. The molecule has 6 heteroatoms. The first-order chi connectivity index (χ1) is 8.11. The molecule has 0 heterocycles. The van der Waals surface area contributed by atoms with Gasteiger partial charge in [0.15, 0.2) is 0 Å². The fraction of sp³-hybridized carbons (Fsp3) is 0.364. The Morgan fingerprint density at radius 3 is 2.29 bits per heavy atom. The number of ether oxygens (including phenoxy) is 1. The largest absolute Gasteiger partial charge is 0.461 e. The van der Waals surface area contributed by atoms with Crippen LogP contribution >= 0.6 is 7.60 Å². The number of benzene rings is 1. The molecule has 0 saturated carbocycles. The fourth-order valence-electron chi connectivity index (χ4n) is 1.16. The third kappa shape index (κ3) is 4.30. The summed E-state index contributed by atoms with van der Waals surface area (Å²) in [7, 11) is -0.516. The highest BCUT2D eigenvalue weighted by Crippen LogP contribution is 2.45. The van der Waals surface area contributed by atoms with Gasteiger partial charge in [-0.1, -0.05) is 18.2 Å². The van der Waals surface area contributed by atoms with Crippen molar-refractivity contribution in [3.8, 4) is 0 Å². The topological polar surface area (TPSA) is 61.8 Å². The summed E-state index contributed by atoms with van der Waals surface area (Å²) in [6, 6.07) is 8.58. The van der Waals surface area contributed by atoms with Crippen molar-refractivity contribution in [1.82, 2.24) is 0 Å². The standard InChI is InChI=1S/C11H15O5P/c1-14-17(13,15-2)9-8-16-11(12)10-6-4-3-5-7-10/h3-7H,8-9H2,1-2H3. The molecule has 0 atom stereocenters. The molecule has 0 unspecified atom stereocenters. The maximum absolute atomic E-state index is 11.6. The summed E-state index contributed by atoms with van der Waals surface area (Å²) in [5, 5.41) is 0. The van der Waals surface area contributed by atoms with Crippen LogP contribution in [0.15, 0.2) is 30.3 Å². The zero-order valence-electron chi connectivity index (χ0n) is 9.79. The van der Waals surface area contributed by atoms with Crippen LogP contribution < -0.4 is 0 Å². The average Bonchev–Trinajstić information content (AvgIpc) is 2.39. The molecule has 5 nitrogen and oxygen atoms in total. The maximum Gasteiger partial charge on any atom is 0.338 e. The molecule has 1 aromatic rings.